The van der Waals surface area contributed by atoms with Crippen LogP contribution >= 0.6 is 0 Å². The Bertz CT molecular complexity index is 1200. The number of benzene rings is 1. The minimum absolute atomic E-state index is 0.104. The molecule has 0 atom stereocenters. The summed E-state index contributed by atoms with van der Waals surface area (Å²) in [7, 11) is 1.56. The molecule has 126 valence electrons. The Balaban J connectivity index is 2.31. The second kappa shape index (κ2) is 5.37. The number of anilines is 1. The second-order valence-corrected chi connectivity index (χ2v) is 5.45. The third-order valence-electron chi connectivity index (χ3n) is 4.01. The molecule has 25 heavy (non-hydrogen) atoms. The Morgan fingerprint density at radius 1 is 1.24 bits per heavy atom. The highest BCUT2D eigenvalue weighted by atomic mass is 19.2. The molecule has 3 heterocycles. The van der Waals surface area contributed by atoms with E-state index in [1.165, 1.54) is 10.6 Å². The smallest absolute Gasteiger partial charge is 0.354 e. The first-order valence-corrected chi connectivity index (χ1v) is 7.46. The molecule has 6 nitrogen and oxygen atoms in total. The number of furan rings is 1. The number of nitrogens with zero attached hydrogens (tertiary/aromatic N) is 3. The maximum absolute atomic E-state index is 14.5. The molecule has 3 aromatic heterocycles. The molecule has 0 unspecified atom stereocenters. The number of aromatic nitrogens is 3. The highest BCUT2D eigenvalue weighted by Gasteiger charge is 2.23. The third-order valence-corrected chi connectivity index (χ3v) is 4.01. The summed E-state index contributed by atoms with van der Waals surface area (Å²) in [6, 6.07) is 5.59. The van der Waals surface area contributed by atoms with Crippen molar-refractivity contribution in [2.75, 3.05) is 12.4 Å². The summed E-state index contributed by atoms with van der Waals surface area (Å²) in [6.07, 6.45) is 1.57. The van der Waals surface area contributed by atoms with Crippen molar-refractivity contribution in [3.8, 4) is 5.69 Å². The van der Waals surface area contributed by atoms with Crippen molar-refractivity contribution in [3.05, 3.63) is 58.3 Å². The van der Waals surface area contributed by atoms with Gasteiger partial charge in [0.2, 0.25) is 0 Å². The summed E-state index contributed by atoms with van der Waals surface area (Å²) >= 11 is 0. The van der Waals surface area contributed by atoms with E-state index in [0.717, 1.165) is 6.07 Å². The van der Waals surface area contributed by atoms with Crippen molar-refractivity contribution < 1.29 is 13.2 Å². The highest BCUT2D eigenvalue weighted by molar-refractivity contribution is 6.06. The van der Waals surface area contributed by atoms with Crippen molar-refractivity contribution in [2.45, 2.75) is 6.92 Å². The molecule has 4 rings (SSSR count). The molecule has 0 fully saturated rings. The van der Waals surface area contributed by atoms with Gasteiger partial charge >= 0.3 is 5.69 Å². The summed E-state index contributed by atoms with van der Waals surface area (Å²) in [5.41, 5.74) is 0.680. The van der Waals surface area contributed by atoms with Gasteiger partial charge in [-0.2, -0.15) is 4.98 Å². The van der Waals surface area contributed by atoms with Gasteiger partial charge in [-0.25, -0.2) is 13.6 Å². The first-order chi connectivity index (χ1) is 12.0. The van der Waals surface area contributed by atoms with Gasteiger partial charge < -0.3 is 9.73 Å². The number of fused-ring (bicyclic) bond motifs is 3. The highest BCUT2D eigenvalue weighted by Crippen LogP contribution is 2.35. The van der Waals surface area contributed by atoms with E-state index < -0.39 is 17.3 Å². The zero-order valence-electron chi connectivity index (χ0n) is 13.3. The summed E-state index contributed by atoms with van der Waals surface area (Å²) in [6.45, 7) is 1.71. The lowest BCUT2D eigenvalue weighted by atomic mass is 10.2. The van der Waals surface area contributed by atoms with Gasteiger partial charge in [-0.15, -0.1) is 0 Å². The molecule has 0 spiro atoms. The number of nitrogens with one attached hydrogen (secondary N) is 1. The maximum Gasteiger partial charge on any atom is 0.354 e. The molecule has 0 bridgehead atoms. The van der Waals surface area contributed by atoms with E-state index in [1.54, 1.807) is 32.3 Å². The lowest BCUT2D eigenvalue weighted by Gasteiger charge is -2.11. The van der Waals surface area contributed by atoms with Gasteiger partial charge in [-0.3, -0.25) is 9.55 Å². The number of pyridine rings is 1. The molecule has 1 aromatic carbocycles. The van der Waals surface area contributed by atoms with Crippen LogP contribution in [0.15, 0.2) is 39.7 Å². The van der Waals surface area contributed by atoms with Gasteiger partial charge in [0, 0.05) is 13.2 Å². The molecule has 4 aromatic rings. The van der Waals surface area contributed by atoms with Crippen LogP contribution in [0.4, 0.5) is 14.6 Å². The number of rotatable bonds is 2. The minimum atomic E-state index is -1.08. The fraction of sp³-hybridized carbons (Fsp3) is 0.118. The van der Waals surface area contributed by atoms with E-state index in [2.05, 4.69) is 15.3 Å². The van der Waals surface area contributed by atoms with E-state index in [4.69, 9.17) is 4.42 Å². The first kappa shape index (κ1) is 15.3. The molecule has 0 aliphatic carbocycles. The molecule has 8 heteroatoms. The fourth-order valence-corrected chi connectivity index (χ4v) is 2.88. The average Bonchev–Trinajstić information content (AvgIpc) is 2.98. The Kier molecular flexibility index (Phi) is 3.28. The van der Waals surface area contributed by atoms with Crippen molar-refractivity contribution in [1.82, 2.24) is 14.5 Å². The zero-order valence-corrected chi connectivity index (χ0v) is 13.3. The van der Waals surface area contributed by atoms with Gasteiger partial charge in [-0.05, 0) is 31.2 Å². The van der Waals surface area contributed by atoms with E-state index in [0.29, 0.717) is 11.4 Å². The predicted octanol–water partition coefficient (Wildman–Crippen LogP) is 3.16. The topological polar surface area (TPSA) is 73.0 Å². The van der Waals surface area contributed by atoms with Crippen LogP contribution in [0.25, 0.3) is 27.8 Å². The minimum Gasteiger partial charge on any atom is -0.450 e. The molecule has 0 saturated heterocycles. The summed E-state index contributed by atoms with van der Waals surface area (Å²) in [5.74, 6) is -1.96. The maximum atomic E-state index is 14.5. The fourth-order valence-electron chi connectivity index (χ4n) is 2.88. The number of aryl methyl sites for hydroxylation is 1. The largest absolute Gasteiger partial charge is 0.450 e. The van der Waals surface area contributed by atoms with Gasteiger partial charge in [0.05, 0.1) is 16.8 Å². The van der Waals surface area contributed by atoms with E-state index in [-0.39, 0.29) is 27.9 Å². The average molecular weight is 342 g/mol. The van der Waals surface area contributed by atoms with Crippen LogP contribution < -0.4 is 11.0 Å². The van der Waals surface area contributed by atoms with Gasteiger partial charge in [-0.1, -0.05) is 0 Å². The predicted molar refractivity (Wildman–Crippen MR) is 89.1 cm³/mol. The van der Waals surface area contributed by atoms with E-state index in [1.807, 2.05) is 0 Å². The normalized spacial score (nSPS) is 11.4. The Labute approximate surface area is 139 Å². The van der Waals surface area contributed by atoms with Gasteiger partial charge in [0.1, 0.15) is 11.1 Å². The SMILES string of the molecule is CNc1nc(=O)n(-c2cccnc2C)c2c1oc1ccc(F)c(F)c12. The van der Waals surface area contributed by atoms with E-state index in [9.17, 15) is 13.6 Å². The molecular weight excluding hydrogens is 330 g/mol. The molecule has 0 aliphatic heterocycles. The lowest BCUT2D eigenvalue weighted by Crippen LogP contribution is -2.23. The van der Waals surface area contributed by atoms with Crippen LogP contribution in [0.1, 0.15) is 5.69 Å². The molecule has 1 N–H and O–H groups in total. The Morgan fingerprint density at radius 3 is 2.76 bits per heavy atom. The van der Waals surface area contributed by atoms with Crippen LogP contribution in [0.5, 0.6) is 0 Å². The standard InChI is InChI=1S/C17H12F2N4O2/c1-8-10(4-3-7-21-8)23-14-12-11(6-5-9(18)13(12)19)25-15(14)16(20-2)22-17(23)24/h3-7H,1-2H3,(H,20,22,24). The van der Waals surface area contributed by atoms with Gasteiger partial charge in [0.25, 0.3) is 0 Å². The van der Waals surface area contributed by atoms with Crippen LogP contribution in [-0.4, -0.2) is 21.6 Å². The number of halogens is 2. The molecule has 0 aliphatic rings. The molecule has 0 amide bonds. The number of hydrogen-bond donors (Lipinski definition) is 1. The summed E-state index contributed by atoms with van der Waals surface area (Å²) in [5, 5.41) is 2.63. The first-order valence-electron chi connectivity index (χ1n) is 7.46. The van der Waals surface area contributed by atoms with Crippen molar-refractivity contribution in [1.29, 1.82) is 0 Å². The molecule has 0 radical (unpaired) electrons. The van der Waals surface area contributed by atoms with Crippen LogP contribution in [0, 0.1) is 18.6 Å². The zero-order chi connectivity index (χ0) is 17.7. The summed E-state index contributed by atoms with van der Waals surface area (Å²) in [4.78, 5) is 20.7. The van der Waals surface area contributed by atoms with Crippen LogP contribution in [0.2, 0.25) is 0 Å². The van der Waals surface area contributed by atoms with E-state index >= 15 is 0 Å². The van der Waals surface area contributed by atoms with Crippen molar-refractivity contribution >= 4 is 27.9 Å². The Hall–Kier alpha value is -3.29. The van der Waals surface area contributed by atoms with Crippen molar-refractivity contribution in [3.63, 3.8) is 0 Å². The second-order valence-electron chi connectivity index (χ2n) is 5.45. The van der Waals surface area contributed by atoms with Crippen molar-refractivity contribution in [2.24, 2.45) is 0 Å². The molecular formula is C17H12F2N4O2. The summed E-state index contributed by atoms with van der Waals surface area (Å²) < 4.78 is 35.2. The monoisotopic (exact) mass is 342 g/mol. The Morgan fingerprint density at radius 2 is 2.04 bits per heavy atom. The quantitative estimate of drug-likeness (QED) is 0.606. The van der Waals surface area contributed by atoms with Crippen LogP contribution in [0.3, 0.4) is 0 Å². The number of hydrogen-bond acceptors (Lipinski definition) is 5. The van der Waals surface area contributed by atoms with Gasteiger partial charge in [0.15, 0.2) is 23.0 Å². The third kappa shape index (κ3) is 2.10. The van der Waals surface area contributed by atoms with Crippen LogP contribution in [-0.2, 0) is 0 Å². The molecule has 0 saturated carbocycles. The lowest BCUT2D eigenvalue weighted by molar-refractivity contribution is 0.516.